The standard InChI is InChI=1S/C21H19ClN4O3S/c1-13-4-2-3-5-17(13)26-11-14(10-19(26)28)20-24-25-21(30-20)23-18(27)12-29-16-8-6-15(22)7-9-16/h2-9,14H,10-12H2,1H3,(H,23,25,27). The highest BCUT2D eigenvalue weighted by atomic mass is 35.5. The Balaban J connectivity index is 1.35. The van der Waals surface area contributed by atoms with E-state index in [-0.39, 0.29) is 24.3 Å². The first-order chi connectivity index (χ1) is 14.5. The minimum Gasteiger partial charge on any atom is -0.484 e. The molecule has 2 heterocycles. The molecule has 4 rings (SSSR count). The number of halogens is 1. The number of aromatic nitrogens is 2. The van der Waals surface area contributed by atoms with Gasteiger partial charge in [-0.05, 0) is 42.8 Å². The lowest BCUT2D eigenvalue weighted by Gasteiger charge is -2.18. The van der Waals surface area contributed by atoms with Crippen molar-refractivity contribution in [1.82, 2.24) is 10.2 Å². The summed E-state index contributed by atoms with van der Waals surface area (Å²) in [4.78, 5) is 26.4. The number of hydrogen-bond acceptors (Lipinski definition) is 6. The van der Waals surface area contributed by atoms with Crippen molar-refractivity contribution in [2.75, 3.05) is 23.4 Å². The van der Waals surface area contributed by atoms with Crippen molar-refractivity contribution in [3.8, 4) is 5.75 Å². The van der Waals surface area contributed by atoms with Crippen LogP contribution in [0.25, 0.3) is 0 Å². The van der Waals surface area contributed by atoms with Crippen molar-refractivity contribution >= 4 is 45.6 Å². The maximum atomic E-state index is 12.5. The van der Waals surface area contributed by atoms with Gasteiger partial charge in [-0.1, -0.05) is 41.1 Å². The number of para-hydroxylation sites is 1. The van der Waals surface area contributed by atoms with Crippen molar-refractivity contribution in [2.24, 2.45) is 0 Å². The highest BCUT2D eigenvalue weighted by Crippen LogP contribution is 2.35. The summed E-state index contributed by atoms with van der Waals surface area (Å²) in [5, 5.41) is 12.6. The zero-order valence-electron chi connectivity index (χ0n) is 16.2. The Morgan fingerprint density at radius 3 is 2.77 bits per heavy atom. The molecule has 1 atom stereocenters. The first-order valence-electron chi connectivity index (χ1n) is 9.37. The van der Waals surface area contributed by atoms with Crippen molar-refractivity contribution in [1.29, 1.82) is 0 Å². The van der Waals surface area contributed by atoms with E-state index in [2.05, 4.69) is 15.5 Å². The summed E-state index contributed by atoms with van der Waals surface area (Å²) in [6.45, 7) is 2.38. The second-order valence-electron chi connectivity index (χ2n) is 6.93. The van der Waals surface area contributed by atoms with E-state index in [9.17, 15) is 9.59 Å². The molecule has 30 heavy (non-hydrogen) atoms. The van der Waals surface area contributed by atoms with Gasteiger partial charge >= 0.3 is 0 Å². The van der Waals surface area contributed by atoms with Gasteiger partial charge in [0.25, 0.3) is 5.91 Å². The molecule has 9 heteroatoms. The van der Waals surface area contributed by atoms with Crippen LogP contribution in [0.15, 0.2) is 48.5 Å². The highest BCUT2D eigenvalue weighted by molar-refractivity contribution is 7.15. The number of rotatable bonds is 6. The molecular weight excluding hydrogens is 424 g/mol. The van der Waals surface area contributed by atoms with Gasteiger partial charge in [0.05, 0.1) is 0 Å². The molecule has 0 aliphatic carbocycles. The zero-order valence-corrected chi connectivity index (χ0v) is 17.7. The van der Waals surface area contributed by atoms with Gasteiger partial charge in [0, 0.05) is 29.6 Å². The van der Waals surface area contributed by atoms with E-state index in [1.807, 2.05) is 31.2 Å². The Bertz CT molecular complexity index is 1070. The quantitative estimate of drug-likeness (QED) is 0.622. The molecule has 0 saturated carbocycles. The molecule has 7 nitrogen and oxygen atoms in total. The summed E-state index contributed by atoms with van der Waals surface area (Å²) in [7, 11) is 0. The van der Waals surface area contributed by atoms with Crippen molar-refractivity contribution in [3.63, 3.8) is 0 Å². The number of hydrogen-bond donors (Lipinski definition) is 1. The van der Waals surface area contributed by atoms with Crippen molar-refractivity contribution in [3.05, 3.63) is 64.1 Å². The predicted octanol–water partition coefficient (Wildman–Crippen LogP) is 4.04. The maximum absolute atomic E-state index is 12.5. The summed E-state index contributed by atoms with van der Waals surface area (Å²) in [6.07, 6.45) is 0.372. The molecule has 1 fully saturated rings. The van der Waals surface area contributed by atoms with E-state index in [0.717, 1.165) is 16.3 Å². The molecule has 2 amide bonds. The van der Waals surface area contributed by atoms with Gasteiger partial charge in [-0.3, -0.25) is 14.9 Å². The predicted molar refractivity (Wildman–Crippen MR) is 116 cm³/mol. The molecular formula is C21H19ClN4O3S. The molecule has 1 saturated heterocycles. The van der Waals surface area contributed by atoms with Crippen molar-refractivity contribution in [2.45, 2.75) is 19.3 Å². The Hall–Kier alpha value is -2.97. The molecule has 1 unspecified atom stereocenters. The Morgan fingerprint density at radius 2 is 2.00 bits per heavy atom. The van der Waals surface area contributed by atoms with Crippen molar-refractivity contribution < 1.29 is 14.3 Å². The number of anilines is 2. The number of benzene rings is 2. The number of ether oxygens (including phenoxy) is 1. The Morgan fingerprint density at radius 1 is 1.23 bits per heavy atom. The average molecular weight is 443 g/mol. The number of amides is 2. The van der Waals surface area contributed by atoms with Gasteiger partial charge in [-0.15, -0.1) is 10.2 Å². The van der Waals surface area contributed by atoms with Gasteiger partial charge in [0.1, 0.15) is 10.8 Å². The SMILES string of the molecule is Cc1ccccc1N1CC(c2nnc(NC(=O)COc3ccc(Cl)cc3)s2)CC1=O. The normalized spacial score (nSPS) is 16.0. The van der Waals surface area contributed by atoms with E-state index >= 15 is 0 Å². The maximum Gasteiger partial charge on any atom is 0.264 e. The monoisotopic (exact) mass is 442 g/mol. The van der Waals surface area contributed by atoms with Crippen LogP contribution in [-0.4, -0.2) is 35.2 Å². The zero-order chi connectivity index (χ0) is 21.1. The molecule has 1 aliphatic rings. The molecule has 1 N–H and O–H groups in total. The van der Waals surface area contributed by atoms with E-state index in [4.69, 9.17) is 16.3 Å². The van der Waals surface area contributed by atoms with Gasteiger partial charge in [0.2, 0.25) is 11.0 Å². The molecule has 0 spiro atoms. The molecule has 3 aromatic rings. The fourth-order valence-electron chi connectivity index (χ4n) is 3.26. The van der Waals surface area contributed by atoms with Crippen LogP contribution in [0, 0.1) is 6.92 Å². The summed E-state index contributed by atoms with van der Waals surface area (Å²) in [5.41, 5.74) is 1.97. The third-order valence-corrected chi connectivity index (χ3v) is 6.00. The third kappa shape index (κ3) is 4.60. The second kappa shape index (κ2) is 8.81. The van der Waals surface area contributed by atoms with Crippen LogP contribution in [-0.2, 0) is 9.59 Å². The number of carbonyl (C=O) groups excluding carboxylic acids is 2. The lowest BCUT2D eigenvalue weighted by atomic mass is 10.1. The van der Waals surface area contributed by atoms with Crippen LogP contribution in [0.1, 0.15) is 22.9 Å². The summed E-state index contributed by atoms with van der Waals surface area (Å²) in [6, 6.07) is 14.6. The van der Waals surface area contributed by atoms with E-state index in [1.165, 1.54) is 11.3 Å². The minimum atomic E-state index is -0.336. The summed E-state index contributed by atoms with van der Waals surface area (Å²) < 4.78 is 5.42. The van der Waals surface area contributed by atoms with Crippen LogP contribution in [0.5, 0.6) is 5.75 Å². The first-order valence-corrected chi connectivity index (χ1v) is 10.6. The molecule has 0 bridgehead atoms. The minimum absolute atomic E-state index is 0.0504. The Labute approximate surface area is 182 Å². The van der Waals surface area contributed by atoms with Gasteiger partial charge in [-0.25, -0.2) is 0 Å². The van der Waals surface area contributed by atoms with Crippen LogP contribution in [0.3, 0.4) is 0 Å². The fourth-order valence-corrected chi connectivity index (χ4v) is 4.23. The van der Waals surface area contributed by atoms with Gasteiger partial charge in [0.15, 0.2) is 6.61 Å². The molecule has 1 aliphatic heterocycles. The van der Waals surface area contributed by atoms with Gasteiger partial charge < -0.3 is 9.64 Å². The topological polar surface area (TPSA) is 84.4 Å². The lowest BCUT2D eigenvalue weighted by molar-refractivity contribution is -0.118. The van der Waals surface area contributed by atoms with E-state index in [1.54, 1.807) is 29.2 Å². The number of nitrogens with zero attached hydrogens (tertiary/aromatic N) is 3. The number of nitrogens with one attached hydrogen (secondary N) is 1. The van der Waals surface area contributed by atoms with E-state index in [0.29, 0.717) is 28.9 Å². The highest BCUT2D eigenvalue weighted by Gasteiger charge is 2.34. The average Bonchev–Trinajstić information content (AvgIpc) is 3.34. The third-order valence-electron chi connectivity index (χ3n) is 4.75. The lowest BCUT2D eigenvalue weighted by Crippen LogP contribution is -2.25. The summed E-state index contributed by atoms with van der Waals surface area (Å²) in [5.74, 6) is 0.224. The number of carbonyl (C=O) groups is 2. The fraction of sp³-hybridized carbons (Fsp3) is 0.238. The molecule has 1 aromatic heterocycles. The second-order valence-corrected chi connectivity index (χ2v) is 8.37. The van der Waals surface area contributed by atoms with Gasteiger partial charge in [-0.2, -0.15) is 0 Å². The number of aryl methyl sites for hydroxylation is 1. The molecule has 0 radical (unpaired) electrons. The van der Waals surface area contributed by atoms with Crippen LogP contribution in [0.2, 0.25) is 5.02 Å². The smallest absolute Gasteiger partial charge is 0.264 e. The largest absolute Gasteiger partial charge is 0.484 e. The molecule has 154 valence electrons. The van der Waals surface area contributed by atoms with Crippen LogP contribution >= 0.6 is 22.9 Å². The van der Waals surface area contributed by atoms with Crippen LogP contribution in [0.4, 0.5) is 10.8 Å². The Kier molecular flexibility index (Phi) is 5.96. The first kappa shape index (κ1) is 20.3. The van der Waals surface area contributed by atoms with E-state index < -0.39 is 0 Å². The van der Waals surface area contributed by atoms with Crippen LogP contribution < -0.4 is 15.0 Å². The summed E-state index contributed by atoms with van der Waals surface area (Å²) >= 11 is 7.11. The molecule has 2 aromatic carbocycles.